The molecule has 28 nitrogen and oxygen atoms in total. The SMILES string of the molecule is C.COc1ccc(C2=CC3C(=O)c4cc(C)c(OCCCOc5cc6c(cc5OC)C(=O)N5C=C(c7cccc(CC(=O)CCCCCN8C(=O)C=CC8=O)c7)C[C@H]5C=N6)cc4N=C[C@@H]3C2)cc1.COc1ccc(C2=CC3C(=O)c4cc(C)c(OCCCOc5cc6c(cc5OC)C(=O)N5C=C(c7cccc(N)c7)C[C@H]5C=N6)cc4N=C[C@@H]3C2)cc1.O=C(O)CCCCCN1C(=O)C=CC1=O. The molecule has 700 valence electrons. The van der Waals surface area contributed by atoms with Crippen LogP contribution in [0.4, 0.5) is 28.4 Å². The van der Waals surface area contributed by atoms with E-state index < -0.39 is 5.97 Å². The van der Waals surface area contributed by atoms with Crippen molar-refractivity contribution >= 4 is 134 Å². The minimum atomic E-state index is -0.815. The van der Waals surface area contributed by atoms with Gasteiger partial charge in [-0.15, -0.1) is 0 Å². The normalized spacial score (nSPS) is 18.7. The first-order chi connectivity index (χ1) is 65.5. The molecule has 0 aromatic heterocycles. The van der Waals surface area contributed by atoms with Gasteiger partial charge in [0.2, 0.25) is 0 Å². The third kappa shape index (κ3) is 21.8. The largest absolute Gasteiger partial charge is 0.497 e. The molecule has 6 amide bonds. The summed E-state index contributed by atoms with van der Waals surface area (Å²) >= 11 is 0. The molecule has 0 saturated carbocycles. The minimum Gasteiger partial charge on any atom is -0.497 e. The number of nitrogens with two attached hydrogens (primary N) is 1. The number of Topliss-reactive ketones (excluding diaryl/α,β-unsaturated/α-hetero) is 3. The fraction of sp³-hybridized carbons (Fsp3) is 0.315. The highest BCUT2D eigenvalue weighted by atomic mass is 16.5. The van der Waals surface area contributed by atoms with E-state index in [2.05, 4.69) is 12.2 Å². The summed E-state index contributed by atoms with van der Waals surface area (Å²) in [7, 11) is 6.38. The highest BCUT2D eigenvalue weighted by Gasteiger charge is 2.41. The number of ether oxygens (including phenoxy) is 8. The zero-order valence-electron chi connectivity index (χ0n) is 76.0. The lowest BCUT2D eigenvalue weighted by atomic mass is 9.89. The molecule has 28 heteroatoms. The number of anilines is 1. The van der Waals surface area contributed by atoms with Crippen molar-refractivity contribution < 1.29 is 90.9 Å². The van der Waals surface area contributed by atoms with Gasteiger partial charge in [-0.05, 0) is 174 Å². The topological polar surface area (TPSA) is 353 Å². The van der Waals surface area contributed by atoms with Crippen LogP contribution in [0.1, 0.15) is 178 Å². The van der Waals surface area contributed by atoms with Gasteiger partial charge in [-0.3, -0.25) is 77.7 Å². The number of hydrogen-bond acceptors (Lipinski definition) is 23. The molecule has 0 spiro atoms. The summed E-state index contributed by atoms with van der Waals surface area (Å²) < 4.78 is 46.6. The number of fused-ring (bicyclic) bond motifs is 8. The molecule has 8 aliphatic heterocycles. The lowest BCUT2D eigenvalue weighted by molar-refractivity contribution is -0.138. The van der Waals surface area contributed by atoms with E-state index in [-0.39, 0.29) is 102 Å². The molecule has 6 atom stereocenters. The van der Waals surface area contributed by atoms with Crippen LogP contribution < -0.4 is 43.6 Å². The quantitative estimate of drug-likeness (QED) is 0.0215. The van der Waals surface area contributed by atoms with Crippen LogP contribution in [0.5, 0.6) is 46.0 Å². The van der Waals surface area contributed by atoms with E-state index in [9.17, 15) is 47.9 Å². The molecule has 10 aliphatic rings. The van der Waals surface area contributed by atoms with Crippen molar-refractivity contribution in [3.8, 4) is 46.0 Å². The average molecular weight is 1840 g/mol. The van der Waals surface area contributed by atoms with Gasteiger partial charge >= 0.3 is 5.97 Å². The van der Waals surface area contributed by atoms with Gasteiger partial charge in [0.15, 0.2) is 34.6 Å². The van der Waals surface area contributed by atoms with E-state index in [0.29, 0.717) is 195 Å². The number of carboxylic acids is 1. The number of aliphatic carboxylic acids is 1. The maximum atomic E-state index is 14.0. The fourth-order valence-corrected chi connectivity index (χ4v) is 18.2. The molecule has 0 saturated heterocycles. The number of rotatable bonds is 34. The third-order valence-electron chi connectivity index (χ3n) is 25.5. The Morgan fingerprint density at radius 2 is 0.809 bits per heavy atom. The first-order valence-electron chi connectivity index (χ1n) is 45.5. The molecule has 8 aromatic carbocycles. The van der Waals surface area contributed by atoms with Gasteiger partial charge in [-0.1, -0.05) is 93.1 Å². The van der Waals surface area contributed by atoms with Crippen LogP contribution in [0.15, 0.2) is 214 Å². The second-order valence-electron chi connectivity index (χ2n) is 34.5. The van der Waals surface area contributed by atoms with Crippen LogP contribution in [0.25, 0.3) is 22.3 Å². The van der Waals surface area contributed by atoms with Crippen molar-refractivity contribution in [2.75, 3.05) is 73.7 Å². The number of nitrogens with zero attached hydrogens (tertiary/aromatic N) is 8. The summed E-state index contributed by atoms with van der Waals surface area (Å²) in [5, 5.41) is 8.38. The van der Waals surface area contributed by atoms with Gasteiger partial charge in [0.1, 0.15) is 28.8 Å². The highest BCUT2D eigenvalue weighted by molar-refractivity contribution is 6.14. The first-order valence-corrected chi connectivity index (χ1v) is 45.5. The molecule has 0 radical (unpaired) electrons. The Kier molecular flexibility index (Phi) is 30.3. The number of carboxylic acid groups (broad SMARTS) is 1. The van der Waals surface area contributed by atoms with Crippen molar-refractivity contribution in [3.05, 3.63) is 256 Å². The van der Waals surface area contributed by atoms with Gasteiger partial charge < -0.3 is 58.5 Å². The predicted octanol–water partition coefficient (Wildman–Crippen LogP) is 18.3. The maximum Gasteiger partial charge on any atom is 0.303 e. The lowest BCUT2D eigenvalue weighted by Crippen LogP contribution is -2.32. The van der Waals surface area contributed by atoms with Gasteiger partial charge in [0.25, 0.3) is 35.4 Å². The van der Waals surface area contributed by atoms with Crippen molar-refractivity contribution in [2.45, 2.75) is 130 Å². The number of aliphatic imine (C=N–C) groups is 4. The van der Waals surface area contributed by atoms with Crippen molar-refractivity contribution in [1.82, 2.24) is 19.6 Å². The maximum absolute atomic E-state index is 14.0. The number of allylic oxidation sites excluding steroid dienone is 4. The standard InChI is InChI=1S/C54H52N4O9.C43H40N4O6.C10H13NO4.CH4/c1-33-21-44-46(55-30-38-24-37(26-43(38)53(44)62)35-12-14-42(64-2)15-13-35)28-48(33)66-19-8-20-67-50-29-47-45(27-49(50)65-3)54(63)58-32-39(25-40(58)31-56-47)36-10-7-9-34(22-36)23-41(59)11-5-4-6-18-57-51(60)16-17-52(57)61;1-25-14-35-37(45-22-29-15-28(18-34(29)42(35)48)26-8-10-33(50-2)11-9-26)20-39(25)52-12-5-13-53-41-21-38-36(19-40(41)51-3)43(49)47-24-30(17-32(47)23-46-38)27-6-4-7-31(44)16-27;12-8-5-6-9(13)11(8)7-3-1-2-4-10(14)15;/h7,9-10,12-17,21-22,26-32,38,40,43H,4-6,8,11,18-20,23-25H2,1-3H3;4,6-11,14,16,18-24,29,32,34H,5,12-13,15,17,44H2,1-3H3;5-6H,1-4,7H2,(H,14,15);1H4/t38-,40-,43?;29-,32-,34?;;/m00../s1. The smallest absolute Gasteiger partial charge is 0.303 e. The van der Waals surface area contributed by atoms with Crippen LogP contribution in [0.2, 0.25) is 0 Å². The lowest BCUT2D eigenvalue weighted by Gasteiger charge is -2.19. The Hall–Kier alpha value is -15.2. The molecular formula is C108H109N9O19. The van der Waals surface area contributed by atoms with E-state index in [0.717, 1.165) is 92.0 Å². The Bertz CT molecular complexity index is 6320. The summed E-state index contributed by atoms with van der Waals surface area (Å²) in [6.07, 6.45) is 29.2. The van der Waals surface area contributed by atoms with Gasteiger partial charge in [0.05, 0.1) is 101 Å². The number of carbonyl (C=O) groups is 10. The Labute approximate surface area is 789 Å². The Morgan fingerprint density at radius 3 is 1.24 bits per heavy atom. The van der Waals surface area contributed by atoms with E-state index in [1.807, 2.05) is 166 Å². The van der Waals surface area contributed by atoms with Crippen LogP contribution in [0.3, 0.4) is 0 Å². The number of methoxy groups -OCH3 is 4. The van der Waals surface area contributed by atoms with Gasteiger partial charge in [-0.2, -0.15) is 0 Å². The summed E-state index contributed by atoms with van der Waals surface area (Å²) in [4.78, 5) is 149. The molecule has 0 bridgehead atoms. The number of ketones is 3. The Morgan fingerprint density at radius 1 is 0.404 bits per heavy atom. The number of unbranched alkanes of at least 4 members (excludes halogenated alkanes) is 4. The average Bonchev–Trinajstić information content (AvgIpc) is 1.65. The second kappa shape index (κ2) is 43.2. The monoisotopic (exact) mass is 1840 g/mol. The highest BCUT2D eigenvalue weighted by Crippen LogP contribution is 2.48. The molecule has 18 rings (SSSR count). The minimum absolute atomic E-state index is 0. The van der Waals surface area contributed by atoms with Gasteiger partial charge in [0, 0.05) is 184 Å². The molecule has 3 N–H and O–H groups in total. The Balaban J connectivity index is 0.000000181. The van der Waals surface area contributed by atoms with E-state index in [1.165, 1.54) is 41.2 Å². The molecule has 2 aliphatic carbocycles. The molecule has 0 fully saturated rings. The molecule has 2 unspecified atom stereocenters. The summed E-state index contributed by atoms with van der Waals surface area (Å²) in [6.45, 7) is 6.03. The first kappa shape index (κ1) is 95.4. The third-order valence-corrected chi connectivity index (χ3v) is 25.5. The van der Waals surface area contributed by atoms with Crippen LogP contribution >= 0.6 is 0 Å². The number of hydrogen-bond donors (Lipinski definition) is 2. The van der Waals surface area contributed by atoms with Crippen molar-refractivity contribution in [3.63, 3.8) is 0 Å². The van der Waals surface area contributed by atoms with E-state index >= 15 is 0 Å². The molecule has 8 aromatic rings. The fourth-order valence-electron chi connectivity index (χ4n) is 18.2. The van der Waals surface area contributed by atoms with Crippen LogP contribution in [-0.2, 0) is 35.2 Å². The predicted molar refractivity (Wildman–Crippen MR) is 520 cm³/mol. The number of nitrogen functional groups attached to an aromatic ring is 1. The number of carbonyl (C=O) groups excluding carboxylic acids is 9. The number of benzene rings is 8. The zero-order chi connectivity index (χ0) is 94.5. The van der Waals surface area contributed by atoms with Crippen LogP contribution in [0, 0.1) is 37.5 Å². The number of aryl methyl sites for hydroxylation is 2. The summed E-state index contributed by atoms with van der Waals surface area (Å²) in [5.41, 5.74) is 22.0. The van der Waals surface area contributed by atoms with Crippen molar-refractivity contribution in [2.24, 2.45) is 43.6 Å². The van der Waals surface area contributed by atoms with E-state index in [1.54, 1.807) is 61.6 Å². The molecular weight excluding hydrogens is 1730 g/mol. The zero-order valence-corrected chi connectivity index (χ0v) is 76.0. The summed E-state index contributed by atoms with van der Waals surface area (Å²) in [5.74, 6) is 2.19. The molecule has 136 heavy (non-hydrogen) atoms. The van der Waals surface area contributed by atoms with Crippen molar-refractivity contribution in [1.29, 1.82) is 0 Å². The summed E-state index contributed by atoms with van der Waals surface area (Å²) in [6, 6.07) is 45.3. The van der Waals surface area contributed by atoms with Gasteiger partial charge in [-0.25, -0.2) is 0 Å². The molecule has 8 heterocycles. The van der Waals surface area contributed by atoms with Crippen LogP contribution in [-0.4, -0.2) is 188 Å². The second-order valence-corrected chi connectivity index (χ2v) is 34.5. The number of imide groups is 2. The number of amides is 6. The van der Waals surface area contributed by atoms with E-state index in [4.69, 9.17) is 68.7 Å².